The van der Waals surface area contributed by atoms with Crippen molar-refractivity contribution in [2.75, 3.05) is 24.7 Å². The summed E-state index contributed by atoms with van der Waals surface area (Å²) in [5.41, 5.74) is 3.32. The van der Waals surface area contributed by atoms with E-state index in [9.17, 15) is 19.2 Å². The number of pyridine rings is 2. The number of fused-ring (bicyclic) bond motifs is 6. The maximum Gasteiger partial charge on any atom is 0.330 e. The van der Waals surface area contributed by atoms with Gasteiger partial charge in [0.1, 0.15) is 12.1 Å². The fourth-order valence-electron chi connectivity index (χ4n) is 8.19. The first-order chi connectivity index (χ1) is 28.0. The van der Waals surface area contributed by atoms with Crippen LogP contribution in [0.1, 0.15) is 18.5 Å². The van der Waals surface area contributed by atoms with Gasteiger partial charge in [-0.15, -0.1) is 23.5 Å². The van der Waals surface area contributed by atoms with E-state index in [1.807, 2.05) is 121 Å². The minimum absolute atomic E-state index is 0.00689. The lowest BCUT2D eigenvalue weighted by Gasteiger charge is -2.18. The molecule has 0 aliphatic carbocycles. The number of rotatable bonds is 8. The highest BCUT2D eigenvalue weighted by Crippen LogP contribution is 2.45. The summed E-state index contributed by atoms with van der Waals surface area (Å²) < 4.78 is 14.7. The van der Waals surface area contributed by atoms with E-state index in [0.29, 0.717) is 22.3 Å². The normalized spacial score (nSPS) is 15.9. The van der Waals surface area contributed by atoms with Crippen molar-refractivity contribution in [1.82, 2.24) is 9.13 Å². The van der Waals surface area contributed by atoms with Gasteiger partial charge in [-0.1, -0.05) is 109 Å². The van der Waals surface area contributed by atoms with Crippen LogP contribution >= 0.6 is 23.5 Å². The molecule has 0 bridgehead atoms. The molecular formula is C47H34N2O6S2. The summed E-state index contributed by atoms with van der Waals surface area (Å²) in [6, 6.07) is 42.1. The average molecular weight is 787 g/mol. The van der Waals surface area contributed by atoms with Gasteiger partial charge in [0.05, 0.1) is 23.3 Å². The molecule has 8 aromatic rings. The van der Waals surface area contributed by atoms with Crippen LogP contribution in [-0.2, 0) is 19.1 Å². The number of hydrogen-bond acceptors (Lipinski definition) is 8. The first-order valence-electron chi connectivity index (χ1n) is 18.9. The molecule has 2 atom stereocenters. The van der Waals surface area contributed by atoms with E-state index in [1.165, 1.54) is 23.5 Å². The number of nitrogens with zero attached hydrogens (tertiary/aromatic N) is 2. The van der Waals surface area contributed by atoms with Crippen LogP contribution in [0, 0.1) is 0 Å². The second kappa shape index (κ2) is 14.4. The Labute approximate surface area is 335 Å². The Bertz CT molecular complexity index is 2850. The molecule has 6 aromatic carbocycles. The highest BCUT2D eigenvalue weighted by Gasteiger charge is 2.36. The van der Waals surface area contributed by atoms with Crippen LogP contribution in [-0.4, -0.2) is 45.8 Å². The standard InChI is InChI=1S/C47H34N2O6S2/c50-42-36-24-32-18-9-7-16-30(32)22-34(36)40(28-12-3-1-4-13-28)44-48(42)38(26-56-44)46(52)54-20-11-21-55-47(53)39-27-57-45-41(29-14-5-2-6-15-29)35-23-31-17-8-10-19-33(31)25-37(35)43(51)49(39)45/h1-10,12-19,22-25,38-39H,11,20-21,26-27H2/t38-,39-/m0/s1. The summed E-state index contributed by atoms with van der Waals surface area (Å²) >= 11 is 2.96. The quantitative estimate of drug-likeness (QED) is 0.0855. The van der Waals surface area contributed by atoms with Gasteiger partial charge in [-0.3, -0.25) is 18.7 Å². The maximum atomic E-state index is 14.1. The molecule has 10 heteroatoms. The van der Waals surface area contributed by atoms with Crippen LogP contribution in [0.25, 0.3) is 65.3 Å². The predicted molar refractivity (Wildman–Crippen MR) is 228 cm³/mol. The highest BCUT2D eigenvalue weighted by atomic mass is 32.2. The van der Waals surface area contributed by atoms with E-state index < -0.39 is 24.0 Å². The number of thioether (sulfide) groups is 2. The zero-order chi connectivity index (χ0) is 38.6. The highest BCUT2D eigenvalue weighted by molar-refractivity contribution is 7.99. The maximum absolute atomic E-state index is 14.1. The summed E-state index contributed by atoms with van der Waals surface area (Å²) in [6.45, 7) is 0.0138. The first-order valence-corrected chi connectivity index (χ1v) is 20.8. The van der Waals surface area contributed by atoms with Crippen molar-refractivity contribution >= 4 is 78.6 Å². The lowest BCUT2D eigenvalue weighted by atomic mass is 9.97. The third kappa shape index (κ3) is 6.02. The topological polar surface area (TPSA) is 96.6 Å². The largest absolute Gasteiger partial charge is 0.464 e. The van der Waals surface area contributed by atoms with Crippen LogP contribution in [0.2, 0.25) is 0 Å². The molecule has 0 fully saturated rings. The summed E-state index contributed by atoms with van der Waals surface area (Å²) in [5, 5.41) is 8.25. The Hall–Kier alpha value is -6.10. The SMILES string of the molecule is O=C(OCCCOC(=O)[C@@H]1CSc2c(-c3ccccc3)c3cc4ccccc4cc3c(=O)n21)[C@@H]1CSc2c(-c3ccccc3)c3cc4ccccc4cc3c(=O)n21. The molecule has 0 amide bonds. The number of ether oxygens (including phenoxy) is 2. The lowest BCUT2D eigenvalue weighted by Crippen LogP contribution is -2.31. The third-order valence-electron chi connectivity index (χ3n) is 10.9. The molecule has 4 heterocycles. The number of esters is 2. The van der Waals surface area contributed by atoms with Crippen LogP contribution in [0.5, 0.6) is 0 Å². The van der Waals surface area contributed by atoms with Gasteiger partial charge < -0.3 is 9.47 Å². The van der Waals surface area contributed by atoms with Crippen molar-refractivity contribution in [2.24, 2.45) is 0 Å². The van der Waals surface area contributed by atoms with Crippen LogP contribution in [0.15, 0.2) is 153 Å². The van der Waals surface area contributed by atoms with Gasteiger partial charge in [-0.2, -0.15) is 0 Å². The van der Waals surface area contributed by atoms with E-state index in [-0.39, 0.29) is 30.8 Å². The Morgan fingerprint density at radius 1 is 0.509 bits per heavy atom. The summed E-state index contributed by atoms with van der Waals surface area (Å²) in [4.78, 5) is 55.5. The van der Waals surface area contributed by atoms with Gasteiger partial charge in [-0.25, -0.2) is 9.59 Å². The van der Waals surface area contributed by atoms with Crippen molar-refractivity contribution in [3.8, 4) is 22.3 Å². The fourth-order valence-corrected chi connectivity index (χ4v) is 10.8. The molecule has 0 radical (unpaired) electrons. The van der Waals surface area contributed by atoms with E-state index in [2.05, 4.69) is 12.1 Å². The van der Waals surface area contributed by atoms with Crippen molar-refractivity contribution < 1.29 is 19.1 Å². The molecule has 2 aromatic heterocycles. The van der Waals surface area contributed by atoms with Crippen molar-refractivity contribution in [2.45, 2.75) is 28.6 Å². The molecular weight excluding hydrogens is 753 g/mol. The van der Waals surface area contributed by atoms with Crippen molar-refractivity contribution in [1.29, 1.82) is 0 Å². The Kier molecular flexibility index (Phi) is 8.95. The number of carbonyl (C=O) groups is 2. The van der Waals surface area contributed by atoms with Crippen LogP contribution in [0.4, 0.5) is 0 Å². The molecule has 0 saturated carbocycles. The zero-order valence-electron chi connectivity index (χ0n) is 30.6. The molecule has 0 N–H and O–H groups in total. The number of hydrogen-bond donors (Lipinski definition) is 0. The van der Waals surface area contributed by atoms with Gasteiger partial charge >= 0.3 is 11.9 Å². The molecule has 0 saturated heterocycles. The van der Waals surface area contributed by atoms with Crippen molar-refractivity contribution in [3.05, 3.63) is 154 Å². The third-order valence-corrected chi connectivity index (χ3v) is 13.2. The first kappa shape index (κ1) is 35.3. The lowest BCUT2D eigenvalue weighted by molar-refractivity contribution is -0.149. The Morgan fingerprint density at radius 2 is 0.860 bits per heavy atom. The van der Waals surface area contributed by atoms with E-state index in [4.69, 9.17) is 9.47 Å². The Balaban J connectivity index is 0.871. The molecule has 0 spiro atoms. The number of benzene rings is 6. The monoisotopic (exact) mass is 786 g/mol. The predicted octanol–water partition coefficient (Wildman–Crippen LogP) is 9.43. The average Bonchev–Trinajstić information content (AvgIpc) is 3.90. The fraction of sp³-hybridized carbons (Fsp3) is 0.149. The minimum Gasteiger partial charge on any atom is -0.464 e. The Morgan fingerprint density at radius 3 is 1.25 bits per heavy atom. The van der Waals surface area contributed by atoms with Crippen LogP contribution in [0.3, 0.4) is 0 Å². The molecule has 8 nitrogen and oxygen atoms in total. The zero-order valence-corrected chi connectivity index (χ0v) is 32.2. The molecule has 57 heavy (non-hydrogen) atoms. The molecule has 10 rings (SSSR count). The van der Waals surface area contributed by atoms with Crippen molar-refractivity contribution in [3.63, 3.8) is 0 Å². The smallest absolute Gasteiger partial charge is 0.330 e. The van der Waals surface area contributed by atoms with Crippen LogP contribution < -0.4 is 11.1 Å². The molecule has 280 valence electrons. The van der Waals surface area contributed by atoms with E-state index in [0.717, 1.165) is 64.6 Å². The summed E-state index contributed by atoms with van der Waals surface area (Å²) in [6.07, 6.45) is 0.263. The number of carbonyl (C=O) groups excluding carboxylic acids is 2. The van der Waals surface area contributed by atoms with Gasteiger partial charge in [0, 0.05) is 39.8 Å². The summed E-state index contributed by atoms with van der Waals surface area (Å²) in [7, 11) is 0. The van der Waals surface area contributed by atoms with Gasteiger partial charge in [-0.05, 0) is 67.7 Å². The van der Waals surface area contributed by atoms with Gasteiger partial charge in [0.15, 0.2) is 0 Å². The molecule has 2 aliphatic rings. The number of aromatic nitrogens is 2. The minimum atomic E-state index is -0.803. The summed E-state index contributed by atoms with van der Waals surface area (Å²) in [5.74, 6) is -0.285. The van der Waals surface area contributed by atoms with Gasteiger partial charge in [0.25, 0.3) is 11.1 Å². The van der Waals surface area contributed by atoms with E-state index >= 15 is 0 Å². The second-order valence-corrected chi connectivity index (χ2v) is 16.3. The molecule has 0 unspecified atom stereocenters. The van der Waals surface area contributed by atoms with E-state index in [1.54, 1.807) is 9.13 Å². The van der Waals surface area contributed by atoms with Gasteiger partial charge in [0.2, 0.25) is 0 Å². The molecule has 2 aliphatic heterocycles. The second-order valence-electron chi connectivity index (χ2n) is 14.3.